The summed E-state index contributed by atoms with van der Waals surface area (Å²) in [6, 6.07) is 9.15. The van der Waals surface area contributed by atoms with Gasteiger partial charge in [-0.05, 0) is 12.1 Å². The molecule has 104 valence electrons. The van der Waals surface area contributed by atoms with Crippen LogP contribution in [0.25, 0.3) is 16.2 Å². The van der Waals surface area contributed by atoms with E-state index < -0.39 is 5.91 Å². The first-order valence-corrected chi connectivity index (χ1v) is 7.20. The standard InChI is InChI=1S/C13H8ClN5OS/c14-9-3-1-8(2-4-9)10-7-21-13-17-12(18-19(10)13)16-11(20)5-6-15/h1-4,7H,5H2,(H,16,18,20). The Morgan fingerprint density at radius 3 is 2.90 bits per heavy atom. The maximum Gasteiger partial charge on any atom is 0.250 e. The predicted octanol–water partition coefficient (Wildman–Crippen LogP) is 2.96. The lowest BCUT2D eigenvalue weighted by Gasteiger charge is -1.99. The molecule has 2 aromatic heterocycles. The largest absolute Gasteiger partial charge is 0.292 e. The molecule has 1 amide bonds. The Bertz CT molecular complexity index is 846. The zero-order valence-electron chi connectivity index (χ0n) is 10.6. The van der Waals surface area contributed by atoms with Gasteiger partial charge in [0.2, 0.25) is 16.8 Å². The van der Waals surface area contributed by atoms with Crippen LogP contribution in [0.3, 0.4) is 0 Å². The summed E-state index contributed by atoms with van der Waals surface area (Å²) in [5.41, 5.74) is 1.81. The monoisotopic (exact) mass is 317 g/mol. The third-order valence-corrected chi connectivity index (χ3v) is 3.78. The van der Waals surface area contributed by atoms with Gasteiger partial charge in [-0.25, -0.2) is 4.52 Å². The summed E-state index contributed by atoms with van der Waals surface area (Å²) in [6.07, 6.45) is -0.225. The minimum atomic E-state index is -0.427. The maximum atomic E-state index is 11.4. The van der Waals surface area contributed by atoms with Crippen LogP contribution in [-0.2, 0) is 4.79 Å². The Hall–Kier alpha value is -2.43. The van der Waals surface area contributed by atoms with E-state index in [4.69, 9.17) is 16.9 Å². The van der Waals surface area contributed by atoms with Crippen LogP contribution in [0, 0.1) is 11.3 Å². The van der Waals surface area contributed by atoms with Gasteiger partial charge in [0.1, 0.15) is 6.42 Å². The number of thiazole rings is 1. The Morgan fingerprint density at radius 1 is 1.43 bits per heavy atom. The van der Waals surface area contributed by atoms with Crippen LogP contribution in [0.2, 0.25) is 5.02 Å². The first kappa shape index (κ1) is 13.5. The predicted molar refractivity (Wildman–Crippen MR) is 80.2 cm³/mol. The highest BCUT2D eigenvalue weighted by Gasteiger charge is 2.13. The number of benzene rings is 1. The molecule has 0 aliphatic carbocycles. The molecule has 21 heavy (non-hydrogen) atoms. The molecule has 0 unspecified atom stereocenters. The van der Waals surface area contributed by atoms with Crippen LogP contribution < -0.4 is 5.32 Å². The lowest BCUT2D eigenvalue weighted by atomic mass is 10.2. The summed E-state index contributed by atoms with van der Waals surface area (Å²) in [6.45, 7) is 0. The zero-order chi connectivity index (χ0) is 14.8. The third kappa shape index (κ3) is 2.72. The SMILES string of the molecule is N#CCC(=O)Nc1nc2scc(-c3ccc(Cl)cc3)n2n1. The van der Waals surface area contributed by atoms with E-state index in [9.17, 15) is 4.79 Å². The fourth-order valence-electron chi connectivity index (χ4n) is 1.79. The van der Waals surface area contributed by atoms with Crippen LogP contribution in [0.4, 0.5) is 5.95 Å². The van der Waals surface area contributed by atoms with Crippen molar-refractivity contribution in [1.82, 2.24) is 14.6 Å². The van der Waals surface area contributed by atoms with Gasteiger partial charge in [0, 0.05) is 16.0 Å². The number of aromatic nitrogens is 3. The minimum Gasteiger partial charge on any atom is -0.292 e. The highest BCUT2D eigenvalue weighted by atomic mass is 35.5. The number of anilines is 1. The van der Waals surface area contributed by atoms with E-state index in [-0.39, 0.29) is 12.4 Å². The van der Waals surface area contributed by atoms with Gasteiger partial charge in [-0.1, -0.05) is 23.7 Å². The minimum absolute atomic E-state index is 0.192. The van der Waals surface area contributed by atoms with Gasteiger partial charge in [0.15, 0.2) is 0 Å². The number of nitriles is 1. The number of rotatable bonds is 3. The van der Waals surface area contributed by atoms with Crippen LogP contribution in [0.15, 0.2) is 29.6 Å². The summed E-state index contributed by atoms with van der Waals surface area (Å²) in [4.78, 5) is 16.2. The molecule has 8 heteroatoms. The van der Waals surface area contributed by atoms with Gasteiger partial charge in [-0.3, -0.25) is 10.1 Å². The van der Waals surface area contributed by atoms with Crippen LogP contribution in [0.1, 0.15) is 6.42 Å². The molecule has 0 fully saturated rings. The van der Waals surface area contributed by atoms with Crippen molar-refractivity contribution >= 4 is 39.8 Å². The molecule has 0 saturated carbocycles. The van der Waals surface area contributed by atoms with Crippen molar-refractivity contribution in [2.75, 3.05) is 5.32 Å². The Morgan fingerprint density at radius 2 is 2.19 bits per heavy atom. The molecule has 0 radical (unpaired) electrons. The van der Waals surface area contributed by atoms with Crippen molar-refractivity contribution in [1.29, 1.82) is 5.26 Å². The fraction of sp³-hybridized carbons (Fsp3) is 0.0769. The summed E-state index contributed by atoms with van der Waals surface area (Å²) in [5.74, 6) is -0.235. The third-order valence-electron chi connectivity index (χ3n) is 2.71. The van der Waals surface area contributed by atoms with Gasteiger partial charge in [-0.15, -0.1) is 16.4 Å². The lowest BCUT2D eigenvalue weighted by Crippen LogP contribution is -2.11. The highest BCUT2D eigenvalue weighted by molar-refractivity contribution is 7.15. The second-order valence-electron chi connectivity index (χ2n) is 4.14. The molecule has 2 heterocycles. The summed E-state index contributed by atoms with van der Waals surface area (Å²) in [5, 5.41) is 17.8. The highest BCUT2D eigenvalue weighted by Crippen LogP contribution is 2.26. The van der Waals surface area contributed by atoms with Gasteiger partial charge >= 0.3 is 0 Å². The Labute approximate surface area is 128 Å². The molecule has 0 saturated heterocycles. The van der Waals surface area contributed by atoms with Crippen molar-refractivity contribution < 1.29 is 4.79 Å². The summed E-state index contributed by atoms with van der Waals surface area (Å²) >= 11 is 7.29. The lowest BCUT2D eigenvalue weighted by molar-refractivity contribution is -0.115. The molecular weight excluding hydrogens is 310 g/mol. The second kappa shape index (κ2) is 5.52. The number of nitrogens with zero attached hydrogens (tertiary/aromatic N) is 4. The van der Waals surface area contributed by atoms with E-state index in [1.54, 1.807) is 22.7 Å². The number of nitrogens with one attached hydrogen (secondary N) is 1. The van der Waals surface area contributed by atoms with E-state index >= 15 is 0 Å². The van der Waals surface area contributed by atoms with Gasteiger partial charge in [-0.2, -0.15) is 10.2 Å². The molecule has 0 aliphatic heterocycles. The van der Waals surface area contributed by atoms with E-state index in [1.165, 1.54) is 11.3 Å². The Kier molecular flexibility index (Phi) is 3.56. The molecule has 0 spiro atoms. The van der Waals surface area contributed by atoms with Gasteiger partial charge < -0.3 is 0 Å². The van der Waals surface area contributed by atoms with E-state index in [2.05, 4.69) is 15.4 Å². The average molecular weight is 318 g/mol. The number of carbonyl (C=O) groups excluding carboxylic acids is 1. The molecule has 0 aliphatic rings. The number of hydrogen-bond acceptors (Lipinski definition) is 5. The molecule has 6 nitrogen and oxygen atoms in total. The smallest absolute Gasteiger partial charge is 0.250 e. The number of carbonyl (C=O) groups is 1. The zero-order valence-corrected chi connectivity index (χ0v) is 12.1. The average Bonchev–Trinajstić information content (AvgIpc) is 3.00. The van der Waals surface area contributed by atoms with Crippen molar-refractivity contribution in [3.63, 3.8) is 0 Å². The number of fused-ring (bicyclic) bond motifs is 1. The van der Waals surface area contributed by atoms with Crippen molar-refractivity contribution in [2.45, 2.75) is 6.42 Å². The number of halogens is 1. The second-order valence-corrected chi connectivity index (χ2v) is 5.41. The molecule has 0 atom stereocenters. The molecule has 3 aromatic rings. The van der Waals surface area contributed by atoms with E-state index in [0.29, 0.717) is 9.98 Å². The maximum absolute atomic E-state index is 11.4. The Balaban J connectivity index is 1.95. The van der Waals surface area contributed by atoms with Crippen molar-refractivity contribution in [3.05, 3.63) is 34.7 Å². The number of hydrogen-bond donors (Lipinski definition) is 1. The molecule has 1 aromatic carbocycles. The molecule has 1 N–H and O–H groups in total. The quantitative estimate of drug-likeness (QED) is 0.805. The summed E-state index contributed by atoms with van der Waals surface area (Å²) < 4.78 is 1.65. The fourth-order valence-corrected chi connectivity index (χ4v) is 2.75. The first-order chi connectivity index (χ1) is 10.2. The topological polar surface area (TPSA) is 83.1 Å². The normalized spacial score (nSPS) is 10.5. The molecule has 0 bridgehead atoms. The summed E-state index contributed by atoms with van der Waals surface area (Å²) in [7, 11) is 0. The van der Waals surface area contributed by atoms with E-state index in [0.717, 1.165) is 11.3 Å². The van der Waals surface area contributed by atoms with Crippen LogP contribution >= 0.6 is 22.9 Å². The molecular formula is C13H8ClN5OS. The van der Waals surface area contributed by atoms with Gasteiger partial charge in [0.05, 0.1) is 11.8 Å². The van der Waals surface area contributed by atoms with Gasteiger partial charge in [0.25, 0.3) is 0 Å². The van der Waals surface area contributed by atoms with Crippen molar-refractivity contribution in [3.8, 4) is 17.3 Å². The van der Waals surface area contributed by atoms with E-state index in [1.807, 2.05) is 17.5 Å². The van der Waals surface area contributed by atoms with Crippen molar-refractivity contribution in [2.24, 2.45) is 0 Å². The van der Waals surface area contributed by atoms with Crippen LogP contribution in [-0.4, -0.2) is 20.5 Å². The number of amides is 1. The van der Waals surface area contributed by atoms with Crippen LogP contribution in [0.5, 0.6) is 0 Å². The first-order valence-electron chi connectivity index (χ1n) is 5.94. The molecule has 3 rings (SSSR count).